The molecule has 1 aliphatic heterocycles. The van der Waals surface area contributed by atoms with Crippen LogP contribution in [0, 0.1) is 0 Å². The van der Waals surface area contributed by atoms with Crippen LogP contribution in [0.15, 0.2) is 48.1 Å². The molecule has 1 aromatic carbocycles. The number of hydrogen-bond donors (Lipinski definition) is 0. The monoisotopic (exact) mass is 339 g/mol. The average Bonchev–Trinajstić information content (AvgIpc) is 2.63. The second-order valence-corrected chi connectivity index (χ2v) is 6.66. The van der Waals surface area contributed by atoms with Gasteiger partial charge >= 0.3 is 5.97 Å². The summed E-state index contributed by atoms with van der Waals surface area (Å²) in [5.74, 6) is 0.338. The molecular weight excluding hydrogens is 310 g/mol. The molecule has 0 spiro atoms. The summed E-state index contributed by atoms with van der Waals surface area (Å²) in [5.41, 5.74) is 5.92. The Labute approximate surface area is 151 Å². The molecule has 134 valence electrons. The van der Waals surface area contributed by atoms with Gasteiger partial charge in [-0.05, 0) is 54.5 Å². The highest BCUT2D eigenvalue weighted by molar-refractivity contribution is 5.88. The second-order valence-electron chi connectivity index (χ2n) is 6.66. The molecule has 1 unspecified atom stereocenters. The topological polar surface area (TPSA) is 29.5 Å². The lowest BCUT2D eigenvalue weighted by atomic mass is 9.89. The Balaban J connectivity index is 2.17. The number of carbonyl (C=O) groups excluding carboxylic acids is 1. The van der Waals surface area contributed by atoms with Gasteiger partial charge in [0.25, 0.3) is 0 Å². The fourth-order valence-corrected chi connectivity index (χ4v) is 3.13. The lowest BCUT2D eigenvalue weighted by molar-refractivity contribution is -0.136. The molecule has 3 heteroatoms. The first kappa shape index (κ1) is 19.0. The van der Waals surface area contributed by atoms with Gasteiger partial charge in [-0.15, -0.1) is 0 Å². The molecule has 1 atom stereocenters. The Morgan fingerprint density at radius 3 is 2.72 bits per heavy atom. The van der Waals surface area contributed by atoms with Gasteiger partial charge in [-0.25, -0.2) is 4.79 Å². The summed E-state index contributed by atoms with van der Waals surface area (Å²) in [6, 6.07) is 6.74. The second kappa shape index (κ2) is 8.70. The van der Waals surface area contributed by atoms with Crippen LogP contribution in [0.4, 0.5) is 5.69 Å². The molecule has 0 amide bonds. The van der Waals surface area contributed by atoms with Crippen molar-refractivity contribution < 1.29 is 9.53 Å². The van der Waals surface area contributed by atoms with E-state index in [-0.39, 0.29) is 5.97 Å². The van der Waals surface area contributed by atoms with E-state index >= 15 is 0 Å². The first-order valence-electron chi connectivity index (χ1n) is 8.95. The van der Waals surface area contributed by atoms with Gasteiger partial charge in [-0.1, -0.05) is 44.2 Å². The highest BCUT2D eigenvalue weighted by Crippen LogP contribution is 2.35. The molecular formula is C22H29NO2. The minimum atomic E-state index is -0.263. The highest BCUT2D eigenvalue weighted by Gasteiger charge is 2.20. The van der Waals surface area contributed by atoms with E-state index in [0.717, 1.165) is 6.54 Å². The van der Waals surface area contributed by atoms with Crippen molar-refractivity contribution in [3.8, 4) is 0 Å². The third-order valence-corrected chi connectivity index (χ3v) is 4.91. The van der Waals surface area contributed by atoms with Gasteiger partial charge in [0, 0.05) is 24.9 Å². The van der Waals surface area contributed by atoms with Crippen molar-refractivity contribution in [2.24, 2.45) is 0 Å². The minimum absolute atomic E-state index is 0.263. The van der Waals surface area contributed by atoms with E-state index in [2.05, 4.69) is 50.1 Å². The molecule has 25 heavy (non-hydrogen) atoms. The van der Waals surface area contributed by atoms with Crippen LogP contribution in [-0.2, 0) is 9.53 Å². The molecule has 0 aromatic heterocycles. The van der Waals surface area contributed by atoms with E-state index in [1.807, 2.05) is 25.2 Å². The van der Waals surface area contributed by atoms with Crippen molar-refractivity contribution in [3.05, 3.63) is 59.2 Å². The van der Waals surface area contributed by atoms with Crippen LogP contribution >= 0.6 is 0 Å². The Bertz CT molecular complexity index is 713. The maximum absolute atomic E-state index is 11.5. The number of hydrogen-bond acceptors (Lipinski definition) is 3. The Morgan fingerprint density at radius 2 is 2.04 bits per heavy atom. The predicted molar refractivity (Wildman–Crippen MR) is 106 cm³/mol. The molecule has 2 rings (SSSR count). The van der Waals surface area contributed by atoms with Crippen LogP contribution in [0.3, 0.4) is 0 Å². The van der Waals surface area contributed by atoms with Crippen LogP contribution in [0.5, 0.6) is 0 Å². The van der Waals surface area contributed by atoms with Crippen LogP contribution in [0.1, 0.15) is 50.7 Å². The van der Waals surface area contributed by atoms with Gasteiger partial charge in [0.05, 0.1) is 7.11 Å². The standard InChI is InChI=1S/C22H29NO2/c1-6-18(22(24)25-5)10-8-7-9-16(2)19-11-12-21-20(15-19)17(3)13-14-23(21)4/h7-12,15,17H,6,13-14H2,1-5H3. The summed E-state index contributed by atoms with van der Waals surface area (Å²) >= 11 is 0. The minimum Gasteiger partial charge on any atom is -0.466 e. The van der Waals surface area contributed by atoms with Crippen molar-refractivity contribution in [1.29, 1.82) is 0 Å². The summed E-state index contributed by atoms with van der Waals surface area (Å²) in [6.07, 6.45) is 9.64. The van der Waals surface area contributed by atoms with Crippen LogP contribution in [-0.4, -0.2) is 26.7 Å². The Hall–Kier alpha value is -2.29. The smallest absolute Gasteiger partial charge is 0.333 e. The van der Waals surface area contributed by atoms with Gasteiger partial charge in [0.15, 0.2) is 0 Å². The van der Waals surface area contributed by atoms with Crippen molar-refractivity contribution >= 4 is 17.2 Å². The summed E-state index contributed by atoms with van der Waals surface area (Å²) in [6.45, 7) is 7.49. The van der Waals surface area contributed by atoms with Crippen molar-refractivity contribution in [3.63, 3.8) is 0 Å². The summed E-state index contributed by atoms with van der Waals surface area (Å²) in [4.78, 5) is 13.9. The third kappa shape index (κ3) is 4.62. The molecule has 1 aromatic rings. The maximum atomic E-state index is 11.5. The molecule has 0 radical (unpaired) electrons. The lowest BCUT2D eigenvalue weighted by Gasteiger charge is -2.32. The number of rotatable bonds is 5. The third-order valence-electron chi connectivity index (χ3n) is 4.91. The number of allylic oxidation sites excluding steroid dienone is 5. The first-order valence-corrected chi connectivity index (χ1v) is 8.95. The van der Waals surface area contributed by atoms with Gasteiger partial charge < -0.3 is 9.64 Å². The summed E-state index contributed by atoms with van der Waals surface area (Å²) < 4.78 is 4.76. The number of fused-ring (bicyclic) bond motifs is 1. The molecule has 0 fully saturated rings. The molecule has 0 aliphatic carbocycles. The normalized spacial score (nSPS) is 18.4. The van der Waals surface area contributed by atoms with Crippen molar-refractivity contribution in [2.45, 2.75) is 39.5 Å². The lowest BCUT2D eigenvalue weighted by Crippen LogP contribution is -2.26. The summed E-state index contributed by atoms with van der Waals surface area (Å²) in [5, 5.41) is 0. The largest absolute Gasteiger partial charge is 0.466 e. The van der Waals surface area contributed by atoms with Gasteiger partial charge in [0.1, 0.15) is 0 Å². The van der Waals surface area contributed by atoms with Gasteiger partial charge in [-0.2, -0.15) is 0 Å². The Kier molecular flexibility index (Phi) is 6.63. The average molecular weight is 339 g/mol. The molecule has 1 aliphatic rings. The zero-order chi connectivity index (χ0) is 18.4. The fourth-order valence-electron chi connectivity index (χ4n) is 3.13. The fraction of sp³-hybridized carbons (Fsp3) is 0.409. The van der Waals surface area contributed by atoms with E-state index in [1.54, 1.807) is 0 Å². The van der Waals surface area contributed by atoms with Crippen LogP contribution in [0.25, 0.3) is 5.57 Å². The number of ether oxygens (including phenoxy) is 1. The van der Waals surface area contributed by atoms with E-state index in [1.165, 1.54) is 35.9 Å². The van der Waals surface area contributed by atoms with E-state index in [9.17, 15) is 4.79 Å². The Morgan fingerprint density at radius 1 is 1.32 bits per heavy atom. The quantitative estimate of drug-likeness (QED) is 0.425. The molecule has 0 bridgehead atoms. The number of methoxy groups -OCH3 is 1. The number of anilines is 1. The zero-order valence-corrected chi connectivity index (χ0v) is 16.0. The highest BCUT2D eigenvalue weighted by atomic mass is 16.5. The zero-order valence-electron chi connectivity index (χ0n) is 16.0. The van der Waals surface area contributed by atoms with Crippen molar-refractivity contribution in [1.82, 2.24) is 0 Å². The van der Waals surface area contributed by atoms with Crippen LogP contribution in [0.2, 0.25) is 0 Å². The van der Waals surface area contributed by atoms with Crippen molar-refractivity contribution in [2.75, 3.05) is 25.6 Å². The predicted octanol–water partition coefficient (Wildman–Crippen LogP) is 5.10. The molecule has 3 nitrogen and oxygen atoms in total. The van der Waals surface area contributed by atoms with E-state index in [4.69, 9.17) is 4.74 Å². The first-order chi connectivity index (χ1) is 12.0. The SMILES string of the molecule is CCC(=CC=CC=C(C)c1ccc2c(c1)C(C)CCN2C)C(=O)OC. The molecule has 1 heterocycles. The molecule has 0 saturated heterocycles. The maximum Gasteiger partial charge on any atom is 0.333 e. The molecule has 0 N–H and O–H groups in total. The molecule has 0 saturated carbocycles. The van der Waals surface area contributed by atoms with E-state index in [0.29, 0.717) is 17.9 Å². The van der Waals surface area contributed by atoms with Gasteiger partial charge in [0.2, 0.25) is 0 Å². The number of benzene rings is 1. The van der Waals surface area contributed by atoms with Crippen LogP contribution < -0.4 is 4.90 Å². The number of esters is 1. The van der Waals surface area contributed by atoms with E-state index < -0.39 is 0 Å². The summed E-state index contributed by atoms with van der Waals surface area (Å²) in [7, 11) is 3.57. The number of carbonyl (C=O) groups is 1. The van der Waals surface area contributed by atoms with Gasteiger partial charge in [-0.3, -0.25) is 0 Å². The number of nitrogens with zero attached hydrogens (tertiary/aromatic N) is 1.